The molecule has 1 fully saturated rings. The van der Waals surface area contributed by atoms with Crippen LogP contribution in [-0.4, -0.2) is 19.3 Å². The SMILES string of the molecule is Br.CCOc1ccc(F)cc1[C@]1(OCC)CC[C@H](N)CC1. The second-order valence-corrected chi connectivity index (χ2v) is 5.34. The molecule has 1 aliphatic carbocycles. The highest BCUT2D eigenvalue weighted by Crippen LogP contribution is 2.44. The fraction of sp³-hybridized carbons (Fsp3) is 0.625. The maximum absolute atomic E-state index is 13.7. The second-order valence-electron chi connectivity index (χ2n) is 5.34. The standard InChI is InChI=1S/C16H24FNO2.BrH/c1-3-19-15-6-5-12(17)11-14(15)16(20-4-2)9-7-13(18)8-10-16;/h5-6,11,13H,3-4,7-10,18H2,1-2H3;1H/t13-,16-;. The van der Waals surface area contributed by atoms with Gasteiger partial charge in [-0.3, -0.25) is 0 Å². The van der Waals surface area contributed by atoms with E-state index in [1.165, 1.54) is 6.07 Å². The molecule has 0 heterocycles. The topological polar surface area (TPSA) is 44.5 Å². The Bertz CT molecular complexity index is 448. The van der Waals surface area contributed by atoms with Gasteiger partial charge < -0.3 is 15.2 Å². The maximum atomic E-state index is 13.7. The third-order valence-electron chi connectivity index (χ3n) is 3.99. The molecule has 0 aliphatic heterocycles. The van der Waals surface area contributed by atoms with Gasteiger partial charge in [0, 0.05) is 18.2 Å². The van der Waals surface area contributed by atoms with E-state index in [0.29, 0.717) is 13.2 Å². The van der Waals surface area contributed by atoms with Crippen molar-refractivity contribution in [3.63, 3.8) is 0 Å². The van der Waals surface area contributed by atoms with Crippen LogP contribution in [0.2, 0.25) is 0 Å². The van der Waals surface area contributed by atoms with E-state index in [2.05, 4.69) is 0 Å². The van der Waals surface area contributed by atoms with Gasteiger partial charge in [0.05, 0.1) is 12.2 Å². The van der Waals surface area contributed by atoms with Crippen molar-refractivity contribution in [1.82, 2.24) is 0 Å². The number of hydrogen-bond acceptors (Lipinski definition) is 3. The smallest absolute Gasteiger partial charge is 0.125 e. The van der Waals surface area contributed by atoms with E-state index >= 15 is 0 Å². The first kappa shape index (κ1) is 18.4. The predicted molar refractivity (Wildman–Crippen MR) is 87.6 cm³/mol. The Hall–Kier alpha value is -0.650. The number of hydrogen-bond donors (Lipinski definition) is 1. The van der Waals surface area contributed by atoms with Crippen LogP contribution < -0.4 is 10.5 Å². The molecular formula is C16H25BrFNO2. The van der Waals surface area contributed by atoms with Gasteiger partial charge in [-0.15, -0.1) is 17.0 Å². The highest BCUT2D eigenvalue weighted by Gasteiger charge is 2.39. The molecule has 1 aromatic rings. The molecule has 0 aromatic heterocycles. The molecule has 120 valence electrons. The molecule has 21 heavy (non-hydrogen) atoms. The van der Waals surface area contributed by atoms with Crippen molar-refractivity contribution in [2.24, 2.45) is 5.73 Å². The van der Waals surface area contributed by atoms with Crippen LogP contribution in [0.15, 0.2) is 18.2 Å². The van der Waals surface area contributed by atoms with Crippen molar-refractivity contribution in [1.29, 1.82) is 0 Å². The van der Waals surface area contributed by atoms with Crippen LogP contribution in [0.3, 0.4) is 0 Å². The molecule has 0 amide bonds. The maximum Gasteiger partial charge on any atom is 0.125 e. The summed E-state index contributed by atoms with van der Waals surface area (Å²) in [6, 6.07) is 4.90. The van der Waals surface area contributed by atoms with Gasteiger partial charge in [0.15, 0.2) is 0 Å². The van der Waals surface area contributed by atoms with Crippen molar-refractivity contribution < 1.29 is 13.9 Å². The van der Waals surface area contributed by atoms with Crippen LogP contribution in [0.4, 0.5) is 4.39 Å². The van der Waals surface area contributed by atoms with Crippen molar-refractivity contribution in [2.75, 3.05) is 13.2 Å². The molecule has 0 spiro atoms. The summed E-state index contributed by atoms with van der Waals surface area (Å²) in [5, 5.41) is 0. The first-order valence-electron chi connectivity index (χ1n) is 7.43. The monoisotopic (exact) mass is 361 g/mol. The summed E-state index contributed by atoms with van der Waals surface area (Å²) >= 11 is 0. The van der Waals surface area contributed by atoms with E-state index in [9.17, 15) is 4.39 Å². The fourth-order valence-corrected chi connectivity index (χ4v) is 3.01. The summed E-state index contributed by atoms with van der Waals surface area (Å²) in [6.45, 7) is 5.05. The van der Waals surface area contributed by atoms with Crippen molar-refractivity contribution in [3.8, 4) is 5.75 Å². The molecule has 0 atom stereocenters. The van der Waals surface area contributed by atoms with E-state index in [1.54, 1.807) is 12.1 Å². The zero-order valence-corrected chi connectivity index (χ0v) is 14.4. The number of benzene rings is 1. The summed E-state index contributed by atoms with van der Waals surface area (Å²) in [4.78, 5) is 0. The molecule has 2 rings (SSSR count). The lowest BCUT2D eigenvalue weighted by atomic mass is 9.77. The Morgan fingerprint density at radius 3 is 2.48 bits per heavy atom. The number of rotatable bonds is 5. The predicted octanol–water partition coefficient (Wildman–Crippen LogP) is 3.94. The lowest BCUT2D eigenvalue weighted by Crippen LogP contribution is -2.39. The first-order chi connectivity index (χ1) is 9.61. The molecule has 1 aliphatic rings. The molecule has 1 aromatic carbocycles. The summed E-state index contributed by atoms with van der Waals surface area (Å²) in [7, 11) is 0. The molecule has 2 N–H and O–H groups in total. The van der Waals surface area contributed by atoms with E-state index in [4.69, 9.17) is 15.2 Å². The minimum atomic E-state index is -0.461. The zero-order valence-electron chi connectivity index (χ0n) is 12.7. The van der Waals surface area contributed by atoms with Crippen LogP contribution in [0.25, 0.3) is 0 Å². The highest BCUT2D eigenvalue weighted by molar-refractivity contribution is 8.93. The quantitative estimate of drug-likeness (QED) is 0.863. The second kappa shape index (κ2) is 8.11. The average molecular weight is 362 g/mol. The van der Waals surface area contributed by atoms with E-state index in [1.807, 2.05) is 13.8 Å². The van der Waals surface area contributed by atoms with Crippen LogP contribution in [0.5, 0.6) is 5.75 Å². The Labute approximate surface area is 136 Å². The Balaban J connectivity index is 0.00000220. The van der Waals surface area contributed by atoms with Crippen LogP contribution >= 0.6 is 17.0 Å². The van der Waals surface area contributed by atoms with Gasteiger partial charge in [0.1, 0.15) is 11.6 Å². The number of nitrogens with two attached hydrogens (primary N) is 1. The molecule has 5 heteroatoms. The summed E-state index contributed by atoms with van der Waals surface area (Å²) in [5.74, 6) is 0.468. The number of halogens is 2. The van der Waals surface area contributed by atoms with E-state index < -0.39 is 5.60 Å². The van der Waals surface area contributed by atoms with Crippen molar-refractivity contribution >= 4 is 17.0 Å². The fourth-order valence-electron chi connectivity index (χ4n) is 3.01. The summed E-state index contributed by atoms with van der Waals surface area (Å²) < 4.78 is 25.4. The average Bonchev–Trinajstić information content (AvgIpc) is 2.44. The molecule has 0 radical (unpaired) electrons. The Morgan fingerprint density at radius 1 is 1.24 bits per heavy atom. The third kappa shape index (κ3) is 4.18. The summed E-state index contributed by atoms with van der Waals surface area (Å²) in [5.41, 5.74) is 6.36. The molecule has 1 saturated carbocycles. The first-order valence-corrected chi connectivity index (χ1v) is 7.43. The third-order valence-corrected chi connectivity index (χ3v) is 3.99. The minimum absolute atomic E-state index is 0. The van der Waals surface area contributed by atoms with Crippen LogP contribution in [0, 0.1) is 5.82 Å². The molecule has 0 saturated heterocycles. The van der Waals surface area contributed by atoms with E-state index in [-0.39, 0.29) is 28.8 Å². The van der Waals surface area contributed by atoms with E-state index in [0.717, 1.165) is 37.0 Å². The number of ether oxygens (including phenoxy) is 2. The molecule has 3 nitrogen and oxygen atoms in total. The highest BCUT2D eigenvalue weighted by atomic mass is 79.9. The van der Waals surface area contributed by atoms with Gasteiger partial charge in [-0.2, -0.15) is 0 Å². The lowest BCUT2D eigenvalue weighted by molar-refractivity contribution is -0.0745. The lowest BCUT2D eigenvalue weighted by Gasteiger charge is -2.40. The Kier molecular flexibility index (Phi) is 7.10. The van der Waals surface area contributed by atoms with Gasteiger partial charge in [0.25, 0.3) is 0 Å². The Morgan fingerprint density at radius 2 is 1.90 bits per heavy atom. The van der Waals surface area contributed by atoms with Crippen LogP contribution in [0.1, 0.15) is 45.1 Å². The van der Waals surface area contributed by atoms with Gasteiger partial charge >= 0.3 is 0 Å². The van der Waals surface area contributed by atoms with Crippen molar-refractivity contribution in [3.05, 3.63) is 29.6 Å². The van der Waals surface area contributed by atoms with Gasteiger partial charge in [-0.25, -0.2) is 4.39 Å². The van der Waals surface area contributed by atoms with Gasteiger partial charge in [0.2, 0.25) is 0 Å². The van der Waals surface area contributed by atoms with Crippen LogP contribution in [-0.2, 0) is 10.3 Å². The minimum Gasteiger partial charge on any atom is -0.493 e. The largest absolute Gasteiger partial charge is 0.493 e. The van der Waals surface area contributed by atoms with Gasteiger partial charge in [-0.1, -0.05) is 0 Å². The zero-order chi connectivity index (χ0) is 14.6. The van der Waals surface area contributed by atoms with Gasteiger partial charge in [-0.05, 0) is 57.7 Å². The molecule has 0 bridgehead atoms. The van der Waals surface area contributed by atoms with Crippen molar-refractivity contribution in [2.45, 2.75) is 51.2 Å². The molecule has 0 unspecified atom stereocenters. The molecular weight excluding hydrogens is 337 g/mol. The summed E-state index contributed by atoms with van der Waals surface area (Å²) in [6.07, 6.45) is 3.40. The normalized spacial score (nSPS) is 25.2.